The minimum absolute atomic E-state index is 0.0833. The van der Waals surface area contributed by atoms with E-state index in [4.69, 9.17) is 27.9 Å². The van der Waals surface area contributed by atoms with E-state index in [1.807, 2.05) is 0 Å². The Morgan fingerprint density at radius 3 is 2.61 bits per heavy atom. The van der Waals surface area contributed by atoms with Crippen LogP contribution in [-0.4, -0.2) is 41.2 Å². The number of rotatable bonds is 10. The maximum absolute atomic E-state index is 12.9. The van der Waals surface area contributed by atoms with Crippen molar-refractivity contribution in [1.29, 1.82) is 0 Å². The van der Waals surface area contributed by atoms with E-state index in [-0.39, 0.29) is 22.2 Å². The van der Waals surface area contributed by atoms with Gasteiger partial charge in [0.25, 0.3) is 5.56 Å². The molecule has 1 atom stereocenters. The molecule has 3 rings (SSSR count). The third-order valence-corrected chi connectivity index (χ3v) is 6.42. The van der Waals surface area contributed by atoms with E-state index in [0.29, 0.717) is 37.1 Å². The fourth-order valence-corrected chi connectivity index (χ4v) is 4.60. The van der Waals surface area contributed by atoms with Crippen molar-refractivity contribution in [3.8, 4) is 0 Å². The number of likely N-dealkylation sites (tertiary alicyclic amines) is 1. The van der Waals surface area contributed by atoms with Crippen LogP contribution in [0.3, 0.4) is 0 Å². The van der Waals surface area contributed by atoms with Crippen LogP contribution < -0.4 is 5.56 Å². The van der Waals surface area contributed by atoms with Gasteiger partial charge in [-0.1, -0.05) is 49.2 Å². The van der Waals surface area contributed by atoms with Crippen LogP contribution >= 0.6 is 23.2 Å². The number of nitrogens with zero attached hydrogens (tertiary/aromatic N) is 3. The lowest BCUT2D eigenvalue weighted by Crippen LogP contribution is -2.36. The number of aryl methyl sites for hydroxylation is 1. The van der Waals surface area contributed by atoms with E-state index in [1.54, 1.807) is 28.8 Å². The molecule has 0 radical (unpaired) electrons. The molecule has 0 N–H and O–H groups in total. The van der Waals surface area contributed by atoms with Crippen LogP contribution in [-0.2, 0) is 24.2 Å². The van der Waals surface area contributed by atoms with Gasteiger partial charge in [-0.15, -0.1) is 4.91 Å². The summed E-state index contributed by atoms with van der Waals surface area (Å²) in [5, 5.41) is 2.98. The molecule has 33 heavy (non-hydrogen) atoms. The predicted octanol–water partition coefficient (Wildman–Crippen LogP) is 4.94. The summed E-state index contributed by atoms with van der Waals surface area (Å²) in [7, 11) is 0. The van der Waals surface area contributed by atoms with Gasteiger partial charge in [-0.25, -0.2) is 0 Å². The molecule has 2 heterocycles. The quantitative estimate of drug-likeness (QED) is 0.437. The largest absolute Gasteiger partial charge is 0.380 e. The van der Waals surface area contributed by atoms with Crippen molar-refractivity contribution in [3.05, 3.63) is 72.5 Å². The normalized spacial score (nSPS) is 16.5. The Bertz CT molecular complexity index is 1040. The lowest BCUT2D eigenvalue weighted by atomic mass is 10.1. The van der Waals surface area contributed by atoms with Crippen LogP contribution in [0.1, 0.15) is 48.3 Å². The molecule has 1 aromatic carbocycles. The minimum atomic E-state index is -0.806. The topological polar surface area (TPSA) is 81.0 Å². The van der Waals surface area contributed by atoms with E-state index in [2.05, 4.69) is 23.9 Å². The predicted molar refractivity (Wildman–Crippen MR) is 130 cm³/mol. The lowest BCUT2D eigenvalue weighted by molar-refractivity contribution is 0.0586. The molecule has 0 bridgehead atoms. The van der Waals surface area contributed by atoms with E-state index in [0.717, 1.165) is 37.3 Å². The average molecular weight is 494 g/mol. The third kappa shape index (κ3) is 6.73. The summed E-state index contributed by atoms with van der Waals surface area (Å²) < 4.78 is 7.52. The first-order valence-electron chi connectivity index (χ1n) is 11.2. The van der Waals surface area contributed by atoms with Crippen molar-refractivity contribution < 1.29 is 9.53 Å². The van der Waals surface area contributed by atoms with Crippen molar-refractivity contribution in [2.45, 2.75) is 52.2 Å². The van der Waals surface area contributed by atoms with Gasteiger partial charge in [-0.05, 0) is 55.5 Å². The number of hydrogen-bond acceptors (Lipinski definition) is 5. The molecular weight excluding hydrogens is 465 g/mol. The van der Waals surface area contributed by atoms with Crippen LogP contribution in [0, 0.1) is 10.8 Å². The van der Waals surface area contributed by atoms with Gasteiger partial charge in [0, 0.05) is 36.5 Å². The molecule has 2 aromatic rings. The number of amides is 1. The molecular formula is C24H29Cl2N3O4. The van der Waals surface area contributed by atoms with Crippen molar-refractivity contribution in [2.75, 3.05) is 19.8 Å². The average Bonchev–Trinajstić information content (AvgIpc) is 3.23. The van der Waals surface area contributed by atoms with Gasteiger partial charge in [-0.2, -0.15) is 0 Å². The van der Waals surface area contributed by atoms with Crippen LogP contribution in [0.5, 0.6) is 0 Å². The molecule has 1 saturated heterocycles. The molecule has 1 aliphatic rings. The van der Waals surface area contributed by atoms with Crippen LogP contribution in [0.15, 0.2) is 40.3 Å². The summed E-state index contributed by atoms with van der Waals surface area (Å²) in [6.07, 6.45) is 2.66. The second-order valence-corrected chi connectivity index (χ2v) is 9.60. The summed E-state index contributed by atoms with van der Waals surface area (Å²) in [4.78, 5) is 37.0. The monoisotopic (exact) mass is 493 g/mol. The molecule has 0 spiro atoms. The molecule has 1 aliphatic heterocycles. The maximum atomic E-state index is 12.9. The van der Waals surface area contributed by atoms with E-state index >= 15 is 0 Å². The number of aromatic nitrogens is 1. The van der Waals surface area contributed by atoms with Gasteiger partial charge in [0.1, 0.15) is 5.02 Å². The molecule has 1 amide bonds. The fourth-order valence-electron chi connectivity index (χ4n) is 4.07. The first-order valence-corrected chi connectivity index (χ1v) is 11.9. The zero-order valence-electron chi connectivity index (χ0n) is 18.9. The highest BCUT2D eigenvalue weighted by Gasteiger charge is 2.27. The van der Waals surface area contributed by atoms with Gasteiger partial charge in [-0.3, -0.25) is 14.5 Å². The van der Waals surface area contributed by atoms with Crippen molar-refractivity contribution in [1.82, 2.24) is 9.47 Å². The number of carbonyl (C=O) groups excluding carboxylic acids is 1. The van der Waals surface area contributed by atoms with E-state index < -0.39 is 5.91 Å². The lowest BCUT2D eigenvalue weighted by Gasteiger charge is -2.27. The Labute approximate surface area is 203 Å². The highest BCUT2D eigenvalue weighted by atomic mass is 35.5. The zero-order valence-corrected chi connectivity index (χ0v) is 20.4. The standard InChI is InChI=1S/C24H29Cl2N3O4/c1-16(2)14-33-15-19-4-3-10-28(19)13-22-20(25)12-21(26)24(31)29(22)11-9-17-5-7-18(8-6-17)23(30)27-32/h5-8,12,16,19H,3-4,9-11,13-15H2,1-2H3/t19-/m1/s1. The highest BCUT2D eigenvalue weighted by Crippen LogP contribution is 2.25. The second kappa shape index (κ2) is 11.9. The Morgan fingerprint density at radius 1 is 1.21 bits per heavy atom. The number of halogens is 2. The molecule has 0 aliphatic carbocycles. The number of hydrogen-bond donors (Lipinski definition) is 0. The van der Waals surface area contributed by atoms with E-state index in [1.165, 1.54) is 6.07 Å². The Morgan fingerprint density at radius 2 is 1.94 bits per heavy atom. The molecule has 0 unspecified atom stereocenters. The number of ether oxygens (including phenoxy) is 1. The second-order valence-electron chi connectivity index (χ2n) is 8.78. The molecule has 178 valence electrons. The van der Waals surface area contributed by atoms with Gasteiger partial charge in [0.15, 0.2) is 0 Å². The van der Waals surface area contributed by atoms with Gasteiger partial charge >= 0.3 is 5.91 Å². The Kier molecular flexibility index (Phi) is 9.20. The molecule has 9 heteroatoms. The number of nitroso groups, excluding NO2 is 1. The highest BCUT2D eigenvalue weighted by molar-refractivity contribution is 6.34. The third-order valence-electron chi connectivity index (χ3n) is 5.83. The summed E-state index contributed by atoms with van der Waals surface area (Å²) in [5.74, 6) is -0.322. The van der Waals surface area contributed by atoms with Gasteiger partial charge < -0.3 is 9.30 Å². The molecule has 7 nitrogen and oxygen atoms in total. The Hall–Kier alpha value is -2.06. The van der Waals surface area contributed by atoms with E-state index in [9.17, 15) is 14.5 Å². The van der Waals surface area contributed by atoms with Crippen molar-refractivity contribution >= 4 is 29.1 Å². The first-order chi connectivity index (χ1) is 15.8. The van der Waals surface area contributed by atoms with Crippen molar-refractivity contribution in [2.24, 2.45) is 11.1 Å². The first kappa shape index (κ1) is 25.6. The van der Waals surface area contributed by atoms with Crippen LogP contribution in [0.25, 0.3) is 0 Å². The zero-order chi connectivity index (χ0) is 24.0. The molecule has 1 fully saturated rings. The van der Waals surface area contributed by atoms with Gasteiger partial charge in [0.05, 0.1) is 17.3 Å². The summed E-state index contributed by atoms with van der Waals surface area (Å²) in [5.41, 5.74) is 1.60. The summed E-state index contributed by atoms with van der Waals surface area (Å²) in [6, 6.07) is 8.41. The smallest absolute Gasteiger partial charge is 0.316 e. The minimum Gasteiger partial charge on any atom is -0.380 e. The molecule has 1 aromatic heterocycles. The Balaban J connectivity index is 1.76. The molecule has 0 saturated carbocycles. The SMILES string of the molecule is CC(C)COC[C@H]1CCCN1Cc1c(Cl)cc(Cl)c(=O)n1CCc1ccc(C(=O)N=O)cc1. The summed E-state index contributed by atoms with van der Waals surface area (Å²) >= 11 is 12.7. The van der Waals surface area contributed by atoms with Crippen LogP contribution in [0.4, 0.5) is 0 Å². The van der Waals surface area contributed by atoms with Crippen molar-refractivity contribution in [3.63, 3.8) is 0 Å². The number of benzene rings is 1. The number of pyridine rings is 1. The fraction of sp³-hybridized carbons (Fsp3) is 0.500. The van der Waals surface area contributed by atoms with Gasteiger partial charge in [0.2, 0.25) is 0 Å². The maximum Gasteiger partial charge on any atom is 0.316 e. The summed E-state index contributed by atoms with van der Waals surface area (Å²) in [6.45, 7) is 7.49. The van der Waals surface area contributed by atoms with Crippen LogP contribution in [0.2, 0.25) is 10.0 Å². The number of carbonyl (C=O) groups is 1.